The van der Waals surface area contributed by atoms with Gasteiger partial charge in [0.15, 0.2) is 0 Å². The Labute approximate surface area is 153 Å². The van der Waals surface area contributed by atoms with E-state index < -0.39 is 0 Å². The summed E-state index contributed by atoms with van der Waals surface area (Å²) in [6.45, 7) is 2.11. The smallest absolute Gasteiger partial charge is 0.142 e. The molecule has 25 heavy (non-hydrogen) atoms. The van der Waals surface area contributed by atoms with Gasteiger partial charge in [0.25, 0.3) is 0 Å². The minimum atomic E-state index is 0.0138. The summed E-state index contributed by atoms with van der Waals surface area (Å²) in [6.07, 6.45) is 18.9. The number of halogens is 1. The number of nitrogens with one attached hydrogen (secondary N) is 1. The Morgan fingerprint density at radius 3 is 3.12 bits per heavy atom. The third kappa shape index (κ3) is 3.79. The Balaban J connectivity index is 1.44. The van der Waals surface area contributed by atoms with Crippen molar-refractivity contribution in [2.24, 2.45) is 5.92 Å². The molecule has 2 unspecified atom stereocenters. The van der Waals surface area contributed by atoms with Crippen LogP contribution in [0.2, 0.25) is 0 Å². The van der Waals surface area contributed by atoms with Crippen LogP contribution >= 0.6 is 11.6 Å². The van der Waals surface area contributed by atoms with Crippen molar-refractivity contribution in [2.45, 2.75) is 31.1 Å². The Hall–Kier alpha value is -2.07. The zero-order valence-electron chi connectivity index (χ0n) is 14.2. The maximum absolute atomic E-state index is 6.15. The second kappa shape index (κ2) is 7.44. The number of hydrogen-bond acceptors (Lipinski definition) is 3. The molecule has 130 valence electrons. The molecule has 2 aromatic rings. The van der Waals surface area contributed by atoms with Gasteiger partial charge in [0.05, 0.1) is 10.8 Å². The number of H-pyrrole nitrogens is 1. The lowest BCUT2D eigenvalue weighted by molar-refractivity contribution is 0.473. The molecule has 0 amide bonds. The number of allylic oxidation sites excluding steroid dienone is 6. The first-order valence-electron chi connectivity index (χ1n) is 9.02. The summed E-state index contributed by atoms with van der Waals surface area (Å²) in [7, 11) is 0. The van der Waals surface area contributed by atoms with E-state index in [1.54, 1.807) is 6.33 Å². The third-order valence-electron chi connectivity index (χ3n) is 5.10. The zero-order chi connectivity index (χ0) is 17.1. The van der Waals surface area contributed by atoms with Gasteiger partial charge >= 0.3 is 0 Å². The molecule has 4 nitrogen and oxygen atoms in total. The molecule has 1 N–H and O–H groups in total. The molecule has 1 fully saturated rings. The lowest BCUT2D eigenvalue weighted by Gasteiger charge is -2.22. The van der Waals surface area contributed by atoms with Gasteiger partial charge in [0.2, 0.25) is 0 Å². The molecular weight excluding hydrogens is 332 g/mol. The van der Waals surface area contributed by atoms with Gasteiger partial charge in [-0.25, -0.2) is 9.97 Å². The quantitative estimate of drug-likeness (QED) is 0.818. The van der Waals surface area contributed by atoms with E-state index in [0.29, 0.717) is 5.92 Å². The lowest BCUT2D eigenvalue weighted by Crippen LogP contribution is -2.25. The van der Waals surface area contributed by atoms with Crippen LogP contribution in [0.1, 0.15) is 25.7 Å². The highest BCUT2D eigenvalue weighted by molar-refractivity contribution is 6.23. The largest absolute Gasteiger partial charge is 0.356 e. The van der Waals surface area contributed by atoms with E-state index in [-0.39, 0.29) is 5.38 Å². The molecule has 2 aromatic heterocycles. The summed E-state index contributed by atoms with van der Waals surface area (Å²) >= 11 is 6.15. The van der Waals surface area contributed by atoms with Gasteiger partial charge in [-0.3, -0.25) is 0 Å². The van der Waals surface area contributed by atoms with Crippen molar-refractivity contribution in [1.82, 2.24) is 15.0 Å². The predicted octanol–water partition coefficient (Wildman–Crippen LogP) is 4.61. The van der Waals surface area contributed by atoms with Crippen LogP contribution in [-0.4, -0.2) is 33.4 Å². The second-order valence-corrected chi connectivity index (χ2v) is 7.36. The first-order valence-corrected chi connectivity index (χ1v) is 9.46. The summed E-state index contributed by atoms with van der Waals surface area (Å²) in [4.78, 5) is 14.5. The number of aromatic nitrogens is 3. The maximum Gasteiger partial charge on any atom is 0.142 e. The number of fused-ring (bicyclic) bond motifs is 1. The molecule has 2 atom stereocenters. The Morgan fingerprint density at radius 1 is 1.20 bits per heavy atom. The number of alkyl halides is 1. The van der Waals surface area contributed by atoms with Crippen LogP contribution < -0.4 is 4.90 Å². The van der Waals surface area contributed by atoms with Crippen LogP contribution in [0.4, 0.5) is 5.82 Å². The van der Waals surface area contributed by atoms with Crippen molar-refractivity contribution >= 4 is 28.5 Å². The number of nitrogens with zero attached hydrogens (tertiary/aromatic N) is 3. The van der Waals surface area contributed by atoms with Crippen LogP contribution in [0.3, 0.4) is 0 Å². The molecule has 5 heteroatoms. The number of anilines is 1. The predicted molar refractivity (Wildman–Crippen MR) is 104 cm³/mol. The van der Waals surface area contributed by atoms with E-state index in [1.807, 2.05) is 12.3 Å². The van der Waals surface area contributed by atoms with Crippen LogP contribution in [0.15, 0.2) is 54.5 Å². The maximum atomic E-state index is 6.15. The molecule has 0 radical (unpaired) electrons. The molecule has 1 aliphatic heterocycles. The Bertz CT molecular complexity index is 820. The molecule has 1 saturated heterocycles. The molecule has 0 saturated carbocycles. The van der Waals surface area contributed by atoms with Gasteiger partial charge in [-0.05, 0) is 43.2 Å². The summed E-state index contributed by atoms with van der Waals surface area (Å²) < 4.78 is 0. The molecule has 0 aromatic carbocycles. The molecule has 4 rings (SSSR count). The third-order valence-corrected chi connectivity index (χ3v) is 5.39. The van der Waals surface area contributed by atoms with E-state index >= 15 is 0 Å². The molecule has 2 aliphatic rings. The van der Waals surface area contributed by atoms with Gasteiger partial charge in [-0.15, -0.1) is 11.6 Å². The first-order chi connectivity index (χ1) is 12.3. The molecule has 1 aliphatic carbocycles. The van der Waals surface area contributed by atoms with Gasteiger partial charge in [0.1, 0.15) is 17.8 Å². The normalized spacial score (nSPS) is 24.2. The standard InChI is InChI=1S/C20H23ClN4/c21-17-5-1-3-15(6-7-17)13-16-4-2-11-25(12-9-16)20-18-8-10-22-19(18)23-14-24-20/h1,3,5-8,10,14,16-17H,2,4,9,11-13H2,(H,22,23,24). The minimum absolute atomic E-state index is 0.0138. The first kappa shape index (κ1) is 16.4. The van der Waals surface area contributed by atoms with Crippen molar-refractivity contribution < 1.29 is 0 Å². The van der Waals surface area contributed by atoms with Crippen molar-refractivity contribution in [3.8, 4) is 0 Å². The van der Waals surface area contributed by atoms with E-state index in [2.05, 4.69) is 50.2 Å². The molecular formula is C20H23ClN4. The van der Waals surface area contributed by atoms with Crippen LogP contribution in [0.25, 0.3) is 11.0 Å². The topological polar surface area (TPSA) is 44.8 Å². The van der Waals surface area contributed by atoms with Crippen LogP contribution in [0.5, 0.6) is 0 Å². The summed E-state index contributed by atoms with van der Waals surface area (Å²) in [6, 6.07) is 2.07. The van der Waals surface area contributed by atoms with Gasteiger partial charge in [-0.2, -0.15) is 0 Å². The molecule has 3 heterocycles. The highest BCUT2D eigenvalue weighted by Gasteiger charge is 2.20. The van der Waals surface area contributed by atoms with Gasteiger partial charge in [0, 0.05) is 19.3 Å². The van der Waals surface area contributed by atoms with Gasteiger partial charge in [-0.1, -0.05) is 30.4 Å². The van der Waals surface area contributed by atoms with Crippen molar-refractivity contribution in [1.29, 1.82) is 0 Å². The SMILES string of the molecule is ClC1C=CC=C(CC2CCCN(c3ncnc4[nH]ccc34)CC2)C=C1. The fourth-order valence-corrected chi connectivity index (χ4v) is 3.94. The highest BCUT2D eigenvalue weighted by Crippen LogP contribution is 2.29. The van der Waals surface area contributed by atoms with Crippen molar-refractivity contribution in [2.75, 3.05) is 18.0 Å². The second-order valence-electron chi connectivity index (χ2n) is 6.86. The Morgan fingerprint density at radius 2 is 2.16 bits per heavy atom. The monoisotopic (exact) mass is 354 g/mol. The van der Waals surface area contributed by atoms with Crippen LogP contribution in [0, 0.1) is 5.92 Å². The Kier molecular flexibility index (Phi) is 4.88. The average Bonchev–Trinajstić information content (AvgIpc) is 2.86. The number of rotatable bonds is 3. The zero-order valence-corrected chi connectivity index (χ0v) is 15.0. The fraction of sp³-hybridized carbons (Fsp3) is 0.400. The fourth-order valence-electron chi connectivity index (χ4n) is 3.78. The van der Waals surface area contributed by atoms with E-state index in [0.717, 1.165) is 36.4 Å². The van der Waals surface area contributed by atoms with E-state index in [9.17, 15) is 0 Å². The van der Waals surface area contributed by atoms with E-state index in [4.69, 9.17) is 11.6 Å². The van der Waals surface area contributed by atoms with Crippen molar-refractivity contribution in [3.63, 3.8) is 0 Å². The average molecular weight is 355 g/mol. The molecule has 0 bridgehead atoms. The van der Waals surface area contributed by atoms with E-state index in [1.165, 1.54) is 24.8 Å². The van der Waals surface area contributed by atoms with Gasteiger partial charge < -0.3 is 9.88 Å². The summed E-state index contributed by atoms with van der Waals surface area (Å²) in [5.41, 5.74) is 2.30. The number of hydrogen-bond donors (Lipinski definition) is 1. The lowest BCUT2D eigenvalue weighted by atomic mass is 9.92. The minimum Gasteiger partial charge on any atom is -0.356 e. The van der Waals surface area contributed by atoms with Crippen LogP contribution in [-0.2, 0) is 0 Å². The highest BCUT2D eigenvalue weighted by atomic mass is 35.5. The number of aromatic amines is 1. The summed E-state index contributed by atoms with van der Waals surface area (Å²) in [5.74, 6) is 1.78. The van der Waals surface area contributed by atoms with Crippen molar-refractivity contribution in [3.05, 3.63) is 54.5 Å². The molecule has 0 spiro atoms. The summed E-state index contributed by atoms with van der Waals surface area (Å²) in [5, 5.41) is 1.13.